The second kappa shape index (κ2) is 8.23. The molecule has 1 aliphatic heterocycles. The highest BCUT2D eigenvalue weighted by Gasteiger charge is 2.27. The molecule has 0 spiro atoms. The molecule has 7 heteroatoms. The molecule has 1 atom stereocenters. The molecule has 1 aliphatic rings. The van der Waals surface area contributed by atoms with Gasteiger partial charge in [0.15, 0.2) is 0 Å². The molecule has 0 aliphatic carbocycles. The number of pyridine rings is 1. The van der Waals surface area contributed by atoms with Crippen molar-refractivity contribution in [3.8, 4) is 0 Å². The minimum atomic E-state index is -0.0291. The van der Waals surface area contributed by atoms with Crippen molar-refractivity contribution in [2.24, 2.45) is 0 Å². The Hall–Kier alpha value is -2.54. The lowest BCUT2D eigenvalue weighted by Gasteiger charge is -2.24. The summed E-state index contributed by atoms with van der Waals surface area (Å²) >= 11 is 0. The fourth-order valence-corrected chi connectivity index (χ4v) is 3.21. The van der Waals surface area contributed by atoms with E-state index >= 15 is 0 Å². The van der Waals surface area contributed by atoms with Crippen LogP contribution in [-0.2, 0) is 17.9 Å². The lowest BCUT2D eigenvalue weighted by molar-refractivity contribution is -0.119. The van der Waals surface area contributed by atoms with Gasteiger partial charge in [-0.3, -0.25) is 14.7 Å². The van der Waals surface area contributed by atoms with E-state index in [-0.39, 0.29) is 5.91 Å². The number of aromatic nitrogens is 3. The fraction of sp³-hybridized carbons (Fsp3) is 0.474. The summed E-state index contributed by atoms with van der Waals surface area (Å²) < 4.78 is 0. The van der Waals surface area contributed by atoms with Gasteiger partial charge < -0.3 is 10.2 Å². The van der Waals surface area contributed by atoms with Crippen molar-refractivity contribution in [3.05, 3.63) is 47.5 Å². The number of anilines is 1. The smallest absolute Gasteiger partial charge is 0.224 e. The summed E-state index contributed by atoms with van der Waals surface area (Å²) in [5.41, 5.74) is 3.21. The largest absolute Gasteiger partial charge is 0.352 e. The number of hydrogen-bond donors (Lipinski definition) is 1. The molecule has 0 aromatic carbocycles. The van der Waals surface area contributed by atoms with Crippen LogP contribution in [0.1, 0.15) is 42.6 Å². The Morgan fingerprint density at radius 2 is 1.92 bits per heavy atom. The van der Waals surface area contributed by atoms with Gasteiger partial charge in [-0.15, -0.1) is 0 Å². The van der Waals surface area contributed by atoms with Crippen LogP contribution in [0.5, 0.6) is 0 Å². The highest BCUT2D eigenvalue weighted by atomic mass is 16.1. The van der Waals surface area contributed by atoms with Gasteiger partial charge in [-0.25, -0.2) is 9.97 Å². The molecule has 1 fully saturated rings. The van der Waals surface area contributed by atoms with Crippen molar-refractivity contribution in [3.63, 3.8) is 0 Å². The Morgan fingerprint density at radius 1 is 1.19 bits per heavy atom. The number of carbonyl (C=O) groups is 1. The first-order chi connectivity index (χ1) is 12.5. The Balaban J connectivity index is 1.65. The molecule has 26 heavy (non-hydrogen) atoms. The van der Waals surface area contributed by atoms with E-state index < -0.39 is 0 Å². The molecule has 2 aromatic rings. The predicted molar refractivity (Wildman–Crippen MR) is 101 cm³/mol. The molecule has 1 N–H and O–H groups in total. The fourth-order valence-electron chi connectivity index (χ4n) is 3.21. The number of carbonyl (C=O) groups excluding carboxylic acids is 1. The molecule has 3 rings (SSSR count). The van der Waals surface area contributed by atoms with Gasteiger partial charge in [0, 0.05) is 58.3 Å². The first-order valence-corrected chi connectivity index (χ1v) is 8.94. The summed E-state index contributed by atoms with van der Waals surface area (Å²) in [6.45, 7) is 3.92. The van der Waals surface area contributed by atoms with Crippen molar-refractivity contribution in [2.45, 2.75) is 38.9 Å². The van der Waals surface area contributed by atoms with Gasteiger partial charge in [0.1, 0.15) is 0 Å². The molecular weight excluding hydrogens is 328 g/mol. The van der Waals surface area contributed by atoms with E-state index in [9.17, 15) is 4.79 Å². The third-order valence-corrected chi connectivity index (χ3v) is 4.57. The van der Waals surface area contributed by atoms with Gasteiger partial charge in [-0.05, 0) is 31.0 Å². The van der Waals surface area contributed by atoms with Gasteiger partial charge >= 0.3 is 0 Å². The molecule has 0 saturated carbocycles. The summed E-state index contributed by atoms with van der Waals surface area (Å²) in [7, 11) is 3.87. The van der Waals surface area contributed by atoms with Crippen LogP contribution in [0.4, 0.5) is 5.95 Å². The molecule has 0 unspecified atom stereocenters. The Bertz CT molecular complexity index is 729. The lowest BCUT2D eigenvalue weighted by Crippen LogP contribution is -2.24. The van der Waals surface area contributed by atoms with Crippen molar-refractivity contribution in [2.75, 3.05) is 25.5 Å². The van der Waals surface area contributed by atoms with Crippen LogP contribution < -0.4 is 10.2 Å². The number of hydrogen-bond acceptors (Lipinski definition) is 6. The number of amides is 1. The standard InChI is InChI=1S/C19H26N6O/c1-14(26)20-9-15-6-7-17(21-10-15)18-5-4-8-25(18)13-16-11-22-19(23-12-16)24(2)3/h6-7,10-12,18H,4-5,8-9,13H2,1-3H3,(H,20,26)/t18-/m1/s1. The highest BCUT2D eigenvalue weighted by Crippen LogP contribution is 2.32. The number of nitrogens with zero attached hydrogens (tertiary/aromatic N) is 5. The van der Waals surface area contributed by atoms with Crippen LogP contribution in [-0.4, -0.2) is 46.4 Å². The average Bonchev–Trinajstić information content (AvgIpc) is 3.09. The van der Waals surface area contributed by atoms with Gasteiger partial charge in [0.25, 0.3) is 0 Å². The van der Waals surface area contributed by atoms with Gasteiger partial charge in [0.05, 0.1) is 11.7 Å². The van der Waals surface area contributed by atoms with E-state index in [1.807, 2.05) is 43.7 Å². The summed E-state index contributed by atoms with van der Waals surface area (Å²) in [6.07, 6.45) is 7.94. The molecule has 1 saturated heterocycles. The van der Waals surface area contributed by atoms with E-state index in [2.05, 4.69) is 31.2 Å². The quantitative estimate of drug-likeness (QED) is 0.854. The molecule has 138 valence electrons. The van der Waals surface area contributed by atoms with Gasteiger partial charge in [-0.1, -0.05) is 6.07 Å². The molecule has 0 radical (unpaired) electrons. The van der Waals surface area contributed by atoms with Crippen LogP contribution >= 0.6 is 0 Å². The zero-order valence-electron chi connectivity index (χ0n) is 15.6. The van der Waals surface area contributed by atoms with Crippen LogP contribution in [0, 0.1) is 0 Å². The summed E-state index contributed by atoms with van der Waals surface area (Å²) in [5.74, 6) is 0.696. The maximum Gasteiger partial charge on any atom is 0.224 e. The minimum Gasteiger partial charge on any atom is -0.352 e. The first-order valence-electron chi connectivity index (χ1n) is 8.94. The first kappa shape index (κ1) is 18.3. The molecule has 2 aromatic heterocycles. The van der Waals surface area contributed by atoms with E-state index in [0.29, 0.717) is 12.6 Å². The zero-order chi connectivity index (χ0) is 18.5. The number of rotatable bonds is 6. The Morgan fingerprint density at radius 3 is 2.54 bits per heavy atom. The Labute approximate surface area is 154 Å². The van der Waals surface area contributed by atoms with E-state index in [4.69, 9.17) is 0 Å². The summed E-state index contributed by atoms with van der Waals surface area (Å²) in [5, 5.41) is 2.80. The predicted octanol–water partition coefficient (Wildman–Crippen LogP) is 1.91. The van der Waals surface area contributed by atoms with Crippen LogP contribution in [0.3, 0.4) is 0 Å². The van der Waals surface area contributed by atoms with E-state index in [1.54, 1.807) is 0 Å². The SMILES string of the molecule is CC(=O)NCc1ccc([C@H]2CCCN2Cc2cnc(N(C)C)nc2)nc1. The maximum absolute atomic E-state index is 11.0. The third-order valence-electron chi connectivity index (χ3n) is 4.57. The molecule has 1 amide bonds. The van der Waals surface area contributed by atoms with Crippen LogP contribution in [0.25, 0.3) is 0 Å². The number of nitrogens with one attached hydrogen (secondary N) is 1. The minimum absolute atomic E-state index is 0.0291. The average molecular weight is 354 g/mol. The van der Waals surface area contributed by atoms with Gasteiger partial charge in [0.2, 0.25) is 11.9 Å². The van der Waals surface area contributed by atoms with Gasteiger partial charge in [-0.2, -0.15) is 0 Å². The summed E-state index contributed by atoms with van der Waals surface area (Å²) in [6, 6.07) is 4.44. The molecule has 7 nitrogen and oxygen atoms in total. The molecule has 3 heterocycles. The highest BCUT2D eigenvalue weighted by molar-refractivity contribution is 5.72. The maximum atomic E-state index is 11.0. The van der Waals surface area contributed by atoms with Crippen molar-refractivity contribution >= 4 is 11.9 Å². The normalized spacial score (nSPS) is 17.3. The van der Waals surface area contributed by atoms with Crippen LogP contribution in [0.15, 0.2) is 30.7 Å². The summed E-state index contributed by atoms with van der Waals surface area (Å²) in [4.78, 5) is 28.8. The third kappa shape index (κ3) is 4.54. The Kier molecular flexibility index (Phi) is 5.78. The topological polar surface area (TPSA) is 74.2 Å². The monoisotopic (exact) mass is 354 g/mol. The number of likely N-dealkylation sites (tertiary alicyclic amines) is 1. The van der Waals surface area contributed by atoms with Crippen molar-refractivity contribution in [1.29, 1.82) is 0 Å². The van der Waals surface area contributed by atoms with Crippen molar-refractivity contribution in [1.82, 2.24) is 25.2 Å². The molecular formula is C19H26N6O. The second-order valence-electron chi connectivity index (χ2n) is 6.92. The van der Waals surface area contributed by atoms with E-state index in [0.717, 1.165) is 48.7 Å². The van der Waals surface area contributed by atoms with Crippen LogP contribution in [0.2, 0.25) is 0 Å². The second-order valence-corrected chi connectivity index (χ2v) is 6.92. The molecule has 0 bridgehead atoms. The zero-order valence-corrected chi connectivity index (χ0v) is 15.6. The van der Waals surface area contributed by atoms with Crippen molar-refractivity contribution < 1.29 is 4.79 Å². The lowest BCUT2D eigenvalue weighted by atomic mass is 10.1. The van der Waals surface area contributed by atoms with E-state index in [1.165, 1.54) is 6.92 Å².